The second kappa shape index (κ2) is 7.69. The molecule has 1 N–H and O–H groups in total. The third-order valence-corrected chi connectivity index (χ3v) is 6.71. The van der Waals surface area contributed by atoms with E-state index in [2.05, 4.69) is 31.3 Å². The Morgan fingerprint density at radius 1 is 1.31 bits per heavy atom. The zero-order valence-corrected chi connectivity index (χ0v) is 18.6. The van der Waals surface area contributed by atoms with Crippen molar-refractivity contribution in [3.63, 3.8) is 0 Å². The summed E-state index contributed by atoms with van der Waals surface area (Å²) >= 11 is 3.22. The van der Waals surface area contributed by atoms with Gasteiger partial charge in [-0.3, -0.25) is 14.2 Å². The Bertz CT molecular complexity index is 1280. The summed E-state index contributed by atoms with van der Waals surface area (Å²) in [6.07, 6.45) is 1.28. The van der Waals surface area contributed by atoms with Crippen LogP contribution in [-0.4, -0.2) is 52.1 Å². The molecule has 0 aliphatic heterocycles. The smallest absolute Gasteiger partial charge is 0.266 e. The predicted octanol–water partition coefficient (Wildman–Crippen LogP) is 1.09. The Morgan fingerprint density at radius 2 is 2.00 bits per heavy atom. The maximum absolute atomic E-state index is 12.7. The maximum Gasteiger partial charge on any atom is 0.266 e. The Balaban J connectivity index is 1.89. The van der Waals surface area contributed by atoms with Crippen LogP contribution in [0.25, 0.3) is 11.0 Å². The summed E-state index contributed by atoms with van der Waals surface area (Å²) in [5.41, 5.74) is 1.02. The zero-order valence-electron chi connectivity index (χ0n) is 16.2. The van der Waals surface area contributed by atoms with Crippen molar-refractivity contribution in [1.82, 2.24) is 23.6 Å². The number of rotatable bonds is 5. The summed E-state index contributed by atoms with van der Waals surface area (Å²) in [5.74, 6) is -0.490. The fourth-order valence-corrected chi connectivity index (χ4v) is 4.21. The highest BCUT2D eigenvalue weighted by molar-refractivity contribution is 9.10. The normalized spacial score (nSPS) is 11.9. The van der Waals surface area contributed by atoms with E-state index in [1.807, 2.05) is 0 Å². The van der Waals surface area contributed by atoms with Crippen LogP contribution in [0.1, 0.15) is 5.56 Å². The van der Waals surface area contributed by atoms with Crippen LogP contribution < -0.4 is 10.9 Å². The molecule has 0 bridgehead atoms. The Labute approximate surface area is 175 Å². The number of nitrogens with one attached hydrogen (secondary N) is 1. The van der Waals surface area contributed by atoms with Crippen molar-refractivity contribution >= 4 is 48.6 Å². The Hall–Kier alpha value is -2.57. The van der Waals surface area contributed by atoms with E-state index in [1.165, 1.54) is 41.8 Å². The lowest BCUT2D eigenvalue weighted by atomic mass is 10.2. The summed E-state index contributed by atoms with van der Waals surface area (Å²) in [7, 11) is 0.879. The summed E-state index contributed by atoms with van der Waals surface area (Å²) in [4.78, 5) is 29.4. The lowest BCUT2D eigenvalue weighted by molar-refractivity contribution is -0.116. The molecule has 2 aromatic heterocycles. The SMILES string of the molecule is Cc1ccc(S(=O)(=O)N(C)C)cc1NC(=O)Cn1cnc2c(c(Br)nn2C)c1=O. The van der Waals surface area contributed by atoms with Gasteiger partial charge in [-0.1, -0.05) is 6.07 Å². The first-order valence-electron chi connectivity index (χ1n) is 8.43. The van der Waals surface area contributed by atoms with Crippen LogP contribution in [0, 0.1) is 6.92 Å². The molecule has 3 rings (SSSR count). The minimum atomic E-state index is -3.64. The van der Waals surface area contributed by atoms with Gasteiger partial charge in [-0.15, -0.1) is 0 Å². The summed E-state index contributed by atoms with van der Waals surface area (Å²) in [6.45, 7) is 1.46. The molecule has 0 saturated carbocycles. The number of amides is 1. The van der Waals surface area contributed by atoms with Gasteiger partial charge in [0.25, 0.3) is 5.56 Å². The van der Waals surface area contributed by atoms with E-state index in [4.69, 9.17) is 0 Å². The molecule has 1 amide bonds. The van der Waals surface area contributed by atoms with Crippen molar-refractivity contribution in [2.24, 2.45) is 7.05 Å². The first-order valence-corrected chi connectivity index (χ1v) is 10.7. The molecule has 0 unspecified atom stereocenters. The third kappa shape index (κ3) is 3.95. The molecular weight excluding hydrogens is 464 g/mol. The maximum atomic E-state index is 12.7. The number of anilines is 1. The molecule has 10 nitrogen and oxygen atoms in total. The molecule has 0 fully saturated rings. The molecule has 0 atom stereocenters. The largest absolute Gasteiger partial charge is 0.324 e. The van der Waals surface area contributed by atoms with Crippen molar-refractivity contribution in [2.45, 2.75) is 18.4 Å². The third-order valence-electron chi connectivity index (χ3n) is 4.34. The number of carbonyl (C=O) groups excluding carboxylic acids is 1. The van der Waals surface area contributed by atoms with E-state index < -0.39 is 21.5 Å². The highest BCUT2D eigenvalue weighted by atomic mass is 79.9. The Kier molecular flexibility index (Phi) is 5.61. The molecule has 0 radical (unpaired) electrons. The minimum Gasteiger partial charge on any atom is -0.324 e. The van der Waals surface area contributed by atoms with Gasteiger partial charge in [0.15, 0.2) is 5.65 Å². The van der Waals surface area contributed by atoms with Gasteiger partial charge in [-0.2, -0.15) is 5.10 Å². The van der Waals surface area contributed by atoms with E-state index in [1.54, 1.807) is 20.0 Å². The number of hydrogen-bond acceptors (Lipinski definition) is 6. The molecule has 12 heteroatoms. The van der Waals surface area contributed by atoms with E-state index in [-0.39, 0.29) is 16.8 Å². The second-order valence-corrected chi connectivity index (χ2v) is 9.51. The molecule has 29 heavy (non-hydrogen) atoms. The van der Waals surface area contributed by atoms with Crippen molar-refractivity contribution < 1.29 is 13.2 Å². The zero-order chi connectivity index (χ0) is 21.5. The molecule has 0 spiro atoms. The van der Waals surface area contributed by atoms with E-state index in [0.29, 0.717) is 21.5 Å². The molecule has 0 saturated heterocycles. The number of hydrogen-bond donors (Lipinski definition) is 1. The molecule has 3 aromatic rings. The fourth-order valence-electron chi connectivity index (χ4n) is 2.70. The molecule has 1 aromatic carbocycles. The lowest BCUT2D eigenvalue weighted by Crippen LogP contribution is -2.28. The highest BCUT2D eigenvalue weighted by Crippen LogP contribution is 2.22. The van der Waals surface area contributed by atoms with E-state index in [0.717, 1.165) is 4.31 Å². The van der Waals surface area contributed by atoms with Crippen molar-refractivity contribution in [3.8, 4) is 0 Å². The minimum absolute atomic E-state index is 0.0583. The predicted molar refractivity (Wildman–Crippen MR) is 111 cm³/mol. The molecule has 154 valence electrons. The van der Waals surface area contributed by atoms with Crippen molar-refractivity contribution in [3.05, 3.63) is 45.0 Å². The van der Waals surface area contributed by atoms with Crippen LogP contribution in [0.15, 0.2) is 38.8 Å². The van der Waals surface area contributed by atoms with Crippen LogP contribution in [0.5, 0.6) is 0 Å². The first kappa shape index (κ1) is 21.1. The van der Waals surface area contributed by atoms with Crippen LogP contribution in [0.4, 0.5) is 5.69 Å². The van der Waals surface area contributed by atoms with Gasteiger partial charge in [0.05, 0.1) is 4.90 Å². The number of nitrogens with zero attached hydrogens (tertiary/aromatic N) is 5. The quantitative estimate of drug-likeness (QED) is 0.581. The van der Waals surface area contributed by atoms with Crippen molar-refractivity contribution in [1.29, 1.82) is 0 Å². The average Bonchev–Trinajstić information content (AvgIpc) is 2.93. The molecule has 0 aliphatic carbocycles. The number of aromatic nitrogens is 4. The standard InChI is InChI=1S/C17H19BrN6O4S/c1-10-5-6-11(29(27,28)22(2)3)7-12(10)20-13(25)8-24-9-19-16-14(17(24)26)15(18)21-23(16)4/h5-7,9H,8H2,1-4H3,(H,20,25). The molecular formula is C17H19BrN6O4S. The lowest BCUT2D eigenvalue weighted by Gasteiger charge is -2.14. The van der Waals surface area contributed by atoms with Gasteiger partial charge in [0, 0.05) is 26.8 Å². The van der Waals surface area contributed by atoms with Crippen molar-refractivity contribution in [2.75, 3.05) is 19.4 Å². The van der Waals surface area contributed by atoms with E-state index >= 15 is 0 Å². The second-order valence-electron chi connectivity index (χ2n) is 6.60. The van der Waals surface area contributed by atoms with Crippen LogP contribution in [0.2, 0.25) is 0 Å². The fraction of sp³-hybridized carbons (Fsp3) is 0.294. The molecule has 2 heterocycles. The average molecular weight is 483 g/mol. The topological polar surface area (TPSA) is 119 Å². The number of fused-ring (bicyclic) bond motifs is 1. The molecule has 0 aliphatic rings. The van der Waals surface area contributed by atoms with Gasteiger partial charge in [-0.25, -0.2) is 22.4 Å². The number of benzene rings is 1. The van der Waals surface area contributed by atoms with Gasteiger partial charge < -0.3 is 5.32 Å². The summed E-state index contributed by atoms with van der Waals surface area (Å²) < 4.78 is 28.7. The van der Waals surface area contributed by atoms with E-state index in [9.17, 15) is 18.0 Å². The number of aryl methyl sites for hydroxylation is 2. The Morgan fingerprint density at radius 3 is 2.66 bits per heavy atom. The van der Waals surface area contributed by atoms with Crippen LogP contribution in [-0.2, 0) is 28.4 Å². The number of sulfonamides is 1. The van der Waals surface area contributed by atoms with Crippen LogP contribution in [0.3, 0.4) is 0 Å². The summed E-state index contributed by atoms with van der Waals surface area (Å²) in [6, 6.07) is 4.48. The monoisotopic (exact) mass is 482 g/mol. The highest BCUT2D eigenvalue weighted by Gasteiger charge is 2.19. The van der Waals surface area contributed by atoms with Crippen LogP contribution >= 0.6 is 15.9 Å². The summed E-state index contributed by atoms with van der Waals surface area (Å²) in [5, 5.41) is 7.03. The number of halogens is 1. The first-order chi connectivity index (χ1) is 13.5. The van der Waals surface area contributed by atoms with Gasteiger partial charge >= 0.3 is 0 Å². The number of carbonyl (C=O) groups is 1. The van der Waals surface area contributed by atoms with Gasteiger partial charge in [0.1, 0.15) is 22.9 Å². The van der Waals surface area contributed by atoms with Gasteiger partial charge in [-0.05, 0) is 40.5 Å². The van der Waals surface area contributed by atoms with Gasteiger partial charge in [0.2, 0.25) is 15.9 Å².